The van der Waals surface area contributed by atoms with E-state index in [0.29, 0.717) is 6.61 Å². The predicted octanol–water partition coefficient (Wildman–Crippen LogP) is 2.45. The van der Waals surface area contributed by atoms with Crippen molar-refractivity contribution in [1.82, 2.24) is 10.2 Å². The molecule has 1 unspecified atom stereocenters. The third-order valence-corrected chi connectivity index (χ3v) is 4.61. The number of nitrogens with zero attached hydrogens (tertiary/aromatic N) is 1. The lowest BCUT2D eigenvalue weighted by molar-refractivity contribution is -0.0926. The molecule has 0 bridgehead atoms. The molecule has 2 aliphatic carbocycles. The van der Waals surface area contributed by atoms with Crippen LogP contribution in [0.4, 0.5) is 4.79 Å². The van der Waals surface area contributed by atoms with E-state index in [0.717, 1.165) is 38.8 Å². The SMILES string of the molecule is O=C(NC1C=CCCC1)N1CCOC2(CCCC2)C1. The number of allylic oxidation sites excluding steroid dienone is 1. The number of carbonyl (C=O) groups is 1. The number of amides is 2. The number of urea groups is 1. The molecule has 1 spiro atoms. The Morgan fingerprint density at radius 2 is 2.16 bits per heavy atom. The fraction of sp³-hybridized carbons (Fsp3) is 0.800. The minimum Gasteiger partial charge on any atom is -0.371 e. The van der Waals surface area contributed by atoms with Gasteiger partial charge in [0, 0.05) is 12.6 Å². The average molecular weight is 264 g/mol. The summed E-state index contributed by atoms with van der Waals surface area (Å²) in [6, 6.07) is 0.315. The molecule has 4 nitrogen and oxygen atoms in total. The highest BCUT2D eigenvalue weighted by Gasteiger charge is 2.40. The molecule has 3 rings (SSSR count). The van der Waals surface area contributed by atoms with Crippen molar-refractivity contribution in [3.05, 3.63) is 12.2 Å². The molecule has 0 aromatic heterocycles. The Morgan fingerprint density at radius 3 is 2.89 bits per heavy atom. The van der Waals surface area contributed by atoms with E-state index in [9.17, 15) is 4.79 Å². The Hall–Kier alpha value is -1.03. The van der Waals surface area contributed by atoms with Crippen LogP contribution >= 0.6 is 0 Å². The van der Waals surface area contributed by atoms with E-state index in [1.807, 2.05) is 4.90 Å². The van der Waals surface area contributed by atoms with Crippen LogP contribution in [0.2, 0.25) is 0 Å². The van der Waals surface area contributed by atoms with Crippen LogP contribution in [-0.2, 0) is 4.74 Å². The van der Waals surface area contributed by atoms with E-state index in [2.05, 4.69) is 17.5 Å². The molecule has 2 fully saturated rings. The van der Waals surface area contributed by atoms with E-state index in [4.69, 9.17) is 4.74 Å². The fourth-order valence-corrected chi connectivity index (χ4v) is 3.52. The maximum Gasteiger partial charge on any atom is 0.318 e. The lowest BCUT2D eigenvalue weighted by atomic mass is 10.00. The van der Waals surface area contributed by atoms with Gasteiger partial charge in [-0.15, -0.1) is 0 Å². The van der Waals surface area contributed by atoms with Crippen molar-refractivity contribution in [2.45, 2.75) is 56.6 Å². The normalized spacial score (nSPS) is 29.7. The molecule has 3 aliphatic rings. The Labute approximate surface area is 115 Å². The Kier molecular flexibility index (Phi) is 3.78. The van der Waals surface area contributed by atoms with Gasteiger partial charge >= 0.3 is 6.03 Å². The van der Waals surface area contributed by atoms with E-state index >= 15 is 0 Å². The third-order valence-electron chi connectivity index (χ3n) is 4.61. The molecule has 106 valence electrons. The second-order valence-corrected chi connectivity index (χ2v) is 6.08. The van der Waals surface area contributed by atoms with Gasteiger partial charge in [-0.25, -0.2) is 4.79 Å². The van der Waals surface area contributed by atoms with Crippen molar-refractivity contribution in [2.24, 2.45) is 0 Å². The largest absolute Gasteiger partial charge is 0.371 e. The number of rotatable bonds is 1. The van der Waals surface area contributed by atoms with Crippen LogP contribution in [0.15, 0.2) is 12.2 Å². The Balaban J connectivity index is 1.57. The Morgan fingerprint density at radius 1 is 1.32 bits per heavy atom. The minimum atomic E-state index is -0.0298. The first-order valence-corrected chi connectivity index (χ1v) is 7.64. The van der Waals surface area contributed by atoms with Gasteiger partial charge in [0.05, 0.1) is 18.8 Å². The molecular formula is C15H24N2O2. The highest BCUT2D eigenvalue weighted by Crippen LogP contribution is 2.35. The zero-order valence-corrected chi connectivity index (χ0v) is 11.6. The van der Waals surface area contributed by atoms with Gasteiger partial charge in [-0.3, -0.25) is 0 Å². The third kappa shape index (κ3) is 2.94. The van der Waals surface area contributed by atoms with Crippen molar-refractivity contribution in [2.75, 3.05) is 19.7 Å². The molecule has 2 amide bonds. The molecule has 0 aromatic rings. The topological polar surface area (TPSA) is 41.6 Å². The molecule has 1 N–H and O–H groups in total. The molecular weight excluding hydrogens is 240 g/mol. The van der Waals surface area contributed by atoms with Gasteiger partial charge in [-0.2, -0.15) is 0 Å². The molecule has 0 aromatic carbocycles. The second kappa shape index (κ2) is 5.53. The van der Waals surface area contributed by atoms with Gasteiger partial charge < -0.3 is 15.0 Å². The first-order chi connectivity index (χ1) is 9.27. The van der Waals surface area contributed by atoms with Crippen molar-refractivity contribution >= 4 is 6.03 Å². The van der Waals surface area contributed by atoms with Gasteiger partial charge in [-0.05, 0) is 32.1 Å². The number of carbonyl (C=O) groups excluding carboxylic acids is 1. The zero-order chi connectivity index (χ0) is 13.1. The van der Waals surface area contributed by atoms with Crippen LogP contribution < -0.4 is 5.32 Å². The van der Waals surface area contributed by atoms with Crippen LogP contribution in [0.1, 0.15) is 44.9 Å². The Bertz CT molecular complexity index is 361. The zero-order valence-electron chi connectivity index (χ0n) is 11.6. The predicted molar refractivity (Wildman–Crippen MR) is 74.0 cm³/mol. The van der Waals surface area contributed by atoms with Crippen molar-refractivity contribution in [1.29, 1.82) is 0 Å². The smallest absolute Gasteiger partial charge is 0.318 e. The number of hydrogen-bond acceptors (Lipinski definition) is 2. The maximum atomic E-state index is 12.3. The van der Waals surface area contributed by atoms with Gasteiger partial charge in [0.1, 0.15) is 0 Å². The molecule has 1 aliphatic heterocycles. The van der Waals surface area contributed by atoms with E-state index < -0.39 is 0 Å². The first kappa shape index (κ1) is 13.0. The summed E-state index contributed by atoms with van der Waals surface area (Å²) in [6.07, 6.45) is 12.4. The van der Waals surface area contributed by atoms with Crippen molar-refractivity contribution in [3.63, 3.8) is 0 Å². The summed E-state index contributed by atoms with van der Waals surface area (Å²) in [5.74, 6) is 0. The quantitative estimate of drug-likeness (QED) is 0.739. The van der Waals surface area contributed by atoms with Crippen molar-refractivity contribution in [3.8, 4) is 0 Å². The second-order valence-electron chi connectivity index (χ2n) is 6.08. The lowest BCUT2D eigenvalue weighted by Gasteiger charge is -2.40. The molecule has 0 radical (unpaired) electrons. The average Bonchev–Trinajstić information content (AvgIpc) is 2.88. The molecule has 1 saturated carbocycles. The van der Waals surface area contributed by atoms with Gasteiger partial charge in [0.15, 0.2) is 0 Å². The van der Waals surface area contributed by atoms with Crippen LogP contribution in [0.5, 0.6) is 0 Å². The maximum absolute atomic E-state index is 12.3. The highest BCUT2D eigenvalue weighted by atomic mass is 16.5. The summed E-state index contributed by atoms with van der Waals surface area (Å²) in [4.78, 5) is 14.3. The summed E-state index contributed by atoms with van der Waals surface area (Å²) in [5.41, 5.74) is -0.0298. The summed E-state index contributed by atoms with van der Waals surface area (Å²) >= 11 is 0. The first-order valence-electron chi connectivity index (χ1n) is 7.64. The van der Waals surface area contributed by atoms with Gasteiger partial charge in [0.25, 0.3) is 0 Å². The molecule has 1 heterocycles. The van der Waals surface area contributed by atoms with E-state index in [-0.39, 0.29) is 17.7 Å². The molecule has 4 heteroatoms. The van der Waals surface area contributed by atoms with Crippen molar-refractivity contribution < 1.29 is 9.53 Å². The van der Waals surface area contributed by atoms with Crippen LogP contribution in [0, 0.1) is 0 Å². The number of nitrogens with one attached hydrogen (secondary N) is 1. The number of hydrogen-bond donors (Lipinski definition) is 1. The molecule has 1 saturated heterocycles. The fourth-order valence-electron chi connectivity index (χ4n) is 3.52. The summed E-state index contributed by atoms with van der Waals surface area (Å²) < 4.78 is 5.96. The summed E-state index contributed by atoms with van der Waals surface area (Å²) in [6.45, 7) is 2.19. The van der Waals surface area contributed by atoms with Crippen LogP contribution in [-0.4, -0.2) is 42.3 Å². The van der Waals surface area contributed by atoms with E-state index in [1.54, 1.807) is 0 Å². The molecule has 19 heavy (non-hydrogen) atoms. The standard InChI is InChI=1S/C15H24N2O2/c18-14(16-13-6-2-1-3-7-13)17-10-11-19-15(12-17)8-4-5-9-15/h2,6,13H,1,3-5,7-12H2,(H,16,18). The number of ether oxygens (including phenoxy) is 1. The molecule has 1 atom stereocenters. The van der Waals surface area contributed by atoms with Gasteiger partial charge in [0.2, 0.25) is 0 Å². The lowest BCUT2D eigenvalue weighted by Crippen LogP contribution is -2.56. The summed E-state index contributed by atoms with van der Waals surface area (Å²) in [7, 11) is 0. The van der Waals surface area contributed by atoms with Gasteiger partial charge in [-0.1, -0.05) is 25.0 Å². The van der Waals surface area contributed by atoms with E-state index in [1.165, 1.54) is 19.3 Å². The highest BCUT2D eigenvalue weighted by molar-refractivity contribution is 5.75. The monoisotopic (exact) mass is 264 g/mol. The van der Waals surface area contributed by atoms with Crippen LogP contribution in [0.3, 0.4) is 0 Å². The summed E-state index contributed by atoms with van der Waals surface area (Å²) in [5, 5.41) is 3.14. The van der Waals surface area contributed by atoms with Crippen LogP contribution in [0.25, 0.3) is 0 Å². The number of morpholine rings is 1. The minimum absolute atomic E-state index is 0.0298.